The van der Waals surface area contributed by atoms with Crippen LogP contribution in [0.25, 0.3) is 10.9 Å². The first-order chi connectivity index (χ1) is 8.65. The molecule has 0 bridgehead atoms. The van der Waals surface area contributed by atoms with Gasteiger partial charge in [0.15, 0.2) is 0 Å². The van der Waals surface area contributed by atoms with Crippen LogP contribution in [0.4, 0.5) is 0 Å². The number of rotatable bonds is 2. The molecule has 1 aliphatic rings. The van der Waals surface area contributed by atoms with Crippen molar-refractivity contribution >= 4 is 26.8 Å². The van der Waals surface area contributed by atoms with Crippen LogP contribution >= 0.6 is 15.9 Å². The Balaban J connectivity index is 1.98. The van der Waals surface area contributed by atoms with E-state index in [0.717, 1.165) is 23.7 Å². The summed E-state index contributed by atoms with van der Waals surface area (Å²) in [6.45, 7) is 2.13. The van der Waals surface area contributed by atoms with Crippen molar-refractivity contribution < 1.29 is 5.11 Å². The molecule has 3 rings (SSSR count). The highest BCUT2D eigenvalue weighted by atomic mass is 79.9. The summed E-state index contributed by atoms with van der Waals surface area (Å²) in [4.78, 5) is 3.45. The molecule has 1 aliphatic carbocycles. The molecule has 18 heavy (non-hydrogen) atoms. The number of aliphatic hydroxyl groups is 1. The van der Waals surface area contributed by atoms with Crippen molar-refractivity contribution in [3.05, 3.63) is 33.9 Å². The highest BCUT2D eigenvalue weighted by Gasteiger charge is 2.26. The molecule has 0 spiro atoms. The third kappa shape index (κ3) is 2.10. The van der Waals surface area contributed by atoms with Gasteiger partial charge >= 0.3 is 0 Å². The maximum atomic E-state index is 9.98. The summed E-state index contributed by atoms with van der Waals surface area (Å²) in [5.41, 5.74) is 3.80. The average Bonchev–Trinajstić information content (AvgIpc) is 2.85. The molecule has 1 heterocycles. The summed E-state index contributed by atoms with van der Waals surface area (Å²) in [5, 5.41) is 11.3. The van der Waals surface area contributed by atoms with Gasteiger partial charge in [-0.1, -0.05) is 28.4 Å². The van der Waals surface area contributed by atoms with Gasteiger partial charge in [0.1, 0.15) is 0 Å². The summed E-state index contributed by atoms with van der Waals surface area (Å²) >= 11 is 3.50. The molecule has 96 valence electrons. The lowest BCUT2D eigenvalue weighted by atomic mass is 9.94. The second-order valence-corrected chi connectivity index (χ2v) is 6.30. The summed E-state index contributed by atoms with van der Waals surface area (Å²) in [6.07, 6.45) is 4.18. The summed E-state index contributed by atoms with van der Waals surface area (Å²) in [6, 6.07) is 6.38. The van der Waals surface area contributed by atoms with Crippen LogP contribution in [0.5, 0.6) is 0 Å². The number of aliphatic hydroxyl groups excluding tert-OH is 1. The van der Waals surface area contributed by atoms with E-state index in [0.29, 0.717) is 5.92 Å². The minimum atomic E-state index is -0.107. The molecule has 1 saturated carbocycles. The van der Waals surface area contributed by atoms with Gasteiger partial charge in [0.2, 0.25) is 0 Å². The van der Waals surface area contributed by atoms with Gasteiger partial charge in [-0.15, -0.1) is 0 Å². The molecule has 2 aromatic rings. The lowest BCUT2D eigenvalue weighted by Crippen LogP contribution is -2.15. The summed E-state index contributed by atoms with van der Waals surface area (Å²) in [5.74, 6) is 0.436. The van der Waals surface area contributed by atoms with Crippen LogP contribution in [0.2, 0.25) is 0 Å². The molecule has 1 fully saturated rings. The fourth-order valence-corrected chi connectivity index (χ4v) is 3.50. The Hall–Kier alpha value is -0.800. The third-order valence-corrected chi connectivity index (χ3v) is 4.66. The summed E-state index contributed by atoms with van der Waals surface area (Å²) < 4.78 is 1.10. The van der Waals surface area contributed by atoms with Crippen LogP contribution in [-0.2, 0) is 6.42 Å². The van der Waals surface area contributed by atoms with Crippen LogP contribution < -0.4 is 0 Å². The third-order valence-electron chi connectivity index (χ3n) is 4.17. The number of nitrogens with one attached hydrogen (secondary N) is 1. The molecule has 2 atom stereocenters. The van der Waals surface area contributed by atoms with E-state index in [1.165, 1.54) is 28.6 Å². The van der Waals surface area contributed by atoms with Gasteiger partial charge in [0.25, 0.3) is 0 Å². The van der Waals surface area contributed by atoms with E-state index >= 15 is 0 Å². The van der Waals surface area contributed by atoms with E-state index in [4.69, 9.17) is 0 Å². The van der Waals surface area contributed by atoms with Crippen LogP contribution in [0, 0.1) is 12.8 Å². The van der Waals surface area contributed by atoms with Crippen LogP contribution in [-0.4, -0.2) is 16.2 Å². The fourth-order valence-electron chi connectivity index (χ4n) is 3.14. The van der Waals surface area contributed by atoms with E-state index < -0.39 is 0 Å². The first-order valence-electron chi connectivity index (χ1n) is 6.60. The Morgan fingerprint density at radius 2 is 2.22 bits per heavy atom. The first kappa shape index (κ1) is 12.2. The maximum absolute atomic E-state index is 9.98. The number of fused-ring (bicyclic) bond motifs is 1. The van der Waals surface area contributed by atoms with E-state index in [-0.39, 0.29) is 6.10 Å². The molecular formula is C15H18BrNO. The van der Waals surface area contributed by atoms with Gasteiger partial charge in [-0.2, -0.15) is 0 Å². The van der Waals surface area contributed by atoms with Crippen LogP contribution in [0.1, 0.15) is 30.5 Å². The Labute approximate surface area is 116 Å². The fraction of sp³-hybridized carbons (Fsp3) is 0.467. The van der Waals surface area contributed by atoms with E-state index in [9.17, 15) is 5.11 Å². The van der Waals surface area contributed by atoms with Crippen molar-refractivity contribution in [2.45, 2.75) is 38.7 Å². The molecule has 0 saturated heterocycles. The van der Waals surface area contributed by atoms with Crippen molar-refractivity contribution in [1.29, 1.82) is 0 Å². The number of benzene rings is 1. The van der Waals surface area contributed by atoms with Gasteiger partial charge in [0.05, 0.1) is 6.10 Å². The quantitative estimate of drug-likeness (QED) is 0.866. The SMILES string of the molecule is Cc1[nH]c2cc(Br)ccc2c1CC1CCCC1O. The van der Waals surface area contributed by atoms with Gasteiger partial charge < -0.3 is 10.1 Å². The van der Waals surface area contributed by atoms with Crippen LogP contribution in [0.3, 0.4) is 0 Å². The highest BCUT2D eigenvalue weighted by Crippen LogP contribution is 2.33. The smallest absolute Gasteiger partial charge is 0.0571 e. The number of halogens is 1. The van der Waals surface area contributed by atoms with Crippen LogP contribution in [0.15, 0.2) is 22.7 Å². The highest BCUT2D eigenvalue weighted by molar-refractivity contribution is 9.10. The molecule has 1 aromatic heterocycles. The standard InChI is InChI=1S/C15H18BrNO/c1-9-13(7-10-3-2-4-15(10)18)12-6-5-11(16)8-14(12)17-9/h5-6,8,10,15,17-18H,2-4,7H2,1H3. The number of aromatic amines is 1. The topological polar surface area (TPSA) is 36.0 Å². The maximum Gasteiger partial charge on any atom is 0.0571 e. The molecule has 2 N–H and O–H groups in total. The van der Waals surface area contributed by atoms with Gasteiger partial charge in [-0.05, 0) is 49.8 Å². The largest absolute Gasteiger partial charge is 0.393 e. The zero-order valence-electron chi connectivity index (χ0n) is 10.5. The summed E-state index contributed by atoms with van der Waals surface area (Å²) in [7, 11) is 0. The van der Waals surface area contributed by atoms with Gasteiger partial charge in [-0.3, -0.25) is 0 Å². The van der Waals surface area contributed by atoms with E-state index in [1.54, 1.807) is 0 Å². The molecule has 1 aromatic carbocycles. The minimum absolute atomic E-state index is 0.107. The first-order valence-corrected chi connectivity index (χ1v) is 7.39. The number of aromatic nitrogens is 1. The minimum Gasteiger partial charge on any atom is -0.393 e. The second-order valence-electron chi connectivity index (χ2n) is 5.38. The molecule has 2 unspecified atom stereocenters. The molecule has 0 amide bonds. The van der Waals surface area contributed by atoms with Gasteiger partial charge in [0, 0.05) is 21.1 Å². The predicted molar refractivity (Wildman–Crippen MR) is 77.8 cm³/mol. The van der Waals surface area contributed by atoms with Crippen molar-refractivity contribution in [1.82, 2.24) is 4.98 Å². The molecule has 2 nitrogen and oxygen atoms in total. The second kappa shape index (κ2) is 4.71. The van der Waals surface area contributed by atoms with Crippen molar-refractivity contribution in [3.63, 3.8) is 0 Å². The Morgan fingerprint density at radius 3 is 2.94 bits per heavy atom. The van der Waals surface area contributed by atoms with E-state index in [1.807, 2.05) is 0 Å². The number of H-pyrrole nitrogens is 1. The monoisotopic (exact) mass is 307 g/mol. The number of hydrogen-bond acceptors (Lipinski definition) is 1. The lowest BCUT2D eigenvalue weighted by Gasteiger charge is -2.14. The van der Waals surface area contributed by atoms with Crippen molar-refractivity contribution in [3.8, 4) is 0 Å². The van der Waals surface area contributed by atoms with E-state index in [2.05, 4.69) is 46.0 Å². The number of aryl methyl sites for hydroxylation is 1. The normalized spacial score (nSPS) is 23.9. The molecular weight excluding hydrogens is 290 g/mol. The van der Waals surface area contributed by atoms with Crippen molar-refractivity contribution in [2.75, 3.05) is 0 Å². The predicted octanol–water partition coefficient (Wildman–Crippen LogP) is 3.94. The molecule has 3 heteroatoms. The average molecular weight is 308 g/mol. The van der Waals surface area contributed by atoms with Crippen molar-refractivity contribution in [2.24, 2.45) is 5.92 Å². The zero-order chi connectivity index (χ0) is 12.7. The number of hydrogen-bond donors (Lipinski definition) is 2. The zero-order valence-corrected chi connectivity index (χ0v) is 12.1. The van der Waals surface area contributed by atoms with Gasteiger partial charge in [-0.25, -0.2) is 0 Å². The Kier molecular flexibility index (Phi) is 3.20. The lowest BCUT2D eigenvalue weighted by molar-refractivity contribution is 0.133. The molecule has 0 aliphatic heterocycles. The Bertz CT molecular complexity index is 575. The molecule has 0 radical (unpaired) electrons. The Morgan fingerprint density at radius 1 is 1.39 bits per heavy atom.